The molecule has 0 radical (unpaired) electrons. The summed E-state index contributed by atoms with van der Waals surface area (Å²) in [4.78, 5) is 10.5. The minimum atomic E-state index is -0.959. The highest BCUT2D eigenvalue weighted by Crippen LogP contribution is 2.23. The fourth-order valence-electron chi connectivity index (χ4n) is 2.01. The van der Waals surface area contributed by atoms with Crippen LogP contribution in [0, 0.1) is 5.82 Å². The van der Waals surface area contributed by atoms with Gasteiger partial charge in [0, 0.05) is 12.0 Å². The van der Waals surface area contributed by atoms with E-state index in [2.05, 4.69) is 5.16 Å². The van der Waals surface area contributed by atoms with Crippen LogP contribution in [-0.4, -0.2) is 22.0 Å². The van der Waals surface area contributed by atoms with Crippen molar-refractivity contribution in [3.8, 4) is 11.1 Å². The van der Waals surface area contributed by atoms with Gasteiger partial charge >= 0.3 is 5.97 Å². The van der Waals surface area contributed by atoms with Crippen molar-refractivity contribution < 1.29 is 19.5 Å². The zero-order chi connectivity index (χ0) is 15.2. The molecule has 0 spiro atoms. The molecule has 5 heteroatoms. The van der Waals surface area contributed by atoms with Gasteiger partial charge in [0.15, 0.2) is 0 Å². The molecule has 0 aliphatic rings. The lowest BCUT2D eigenvalue weighted by Crippen LogP contribution is -2.05. The van der Waals surface area contributed by atoms with E-state index in [4.69, 9.17) is 10.3 Å². The van der Waals surface area contributed by atoms with E-state index in [1.807, 2.05) is 0 Å². The van der Waals surface area contributed by atoms with Crippen LogP contribution in [0.2, 0.25) is 0 Å². The molecule has 0 aliphatic heterocycles. The average molecular weight is 287 g/mol. The SMILES string of the molecule is O=C(O)CCC(=NO)c1ccc(-c2ccccc2F)cc1. The molecule has 2 N–H and O–H groups in total. The van der Waals surface area contributed by atoms with Crippen LogP contribution in [-0.2, 0) is 4.79 Å². The van der Waals surface area contributed by atoms with E-state index in [0.717, 1.165) is 0 Å². The summed E-state index contributed by atoms with van der Waals surface area (Å²) < 4.78 is 13.7. The van der Waals surface area contributed by atoms with Gasteiger partial charge in [-0.05, 0) is 17.2 Å². The smallest absolute Gasteiger partial charge is 0.303 e. The van der Waals surface area contributed by atoms with Gasteiger partial charge in [0.05, 0.1) is 12.1 Å². The fourth-order valence-corrected chi connectivity index (χ4v) is 2.01. The molecule has 0 unspecified atom stereocenters. The minimum absolute atomic E-state index is 0.117. The molecule has 0 heterocycles. The number of carboxylic acid groups (broad SMARTS) is 1. The summed E-state index contributed by atoms with van der Waals surface area (Å²) in [5, 5.41) is 20.7. The number of nitrogens with zero attached hydrogens (tertiary/aromatic N) is 1. The van der Waals surface area contributed by atoms with E-state index in [1.54, 1.807) is 42.5 Å². The molecule has 0 aromatic heterocycles. The second kappa shape index (κ2) is 6.65. The van der Waals surface area contributed by atoms with Gasteiger partial charge in [0.25, 0.3) is 0 Å². The topological polar surface area (TPSA) is 69.9 Å². The van der Waals surface area contributed by atoms with Crippen LogP contribution in [0.4, 0.5) is 4.39 Å². The third-order valence-electron chi connectivity index (χ3n) is 3.10. The average Bonchev–Trinajstić information content (AvgIpc) is 2.49. The van der Waals surface area contributed by atoms with Crippen molar-refractivity contribution in [3.05, 3.63) is 59.9 Å². The quantitative estimate of drug-likeness (QED) is 0.502. The molecule has 0 bridgehead atoms. The zero-order valence-electron chi connectivity index (χ0n) is 11.2. The number of benzene rings is 2. The standard InChI is InChI=1S/C16H14FNO3/c17-14-4-2-1-3-13(14)11-5-7-12(8-6-11)15(18-21)9-10-16(19)20/h1-8,21H,9-10H2,(H,19,20). The predicted molar refractivity (Wildman–Crippen MR) is 77.0 cm³/mol. The van der Waals surface area contributed by atoms with Crippen molar-refractivity contribution in [1.82, 2.24) is 0 Å². The fraction of sp³-hybridized carbons (Fsp3) is 0.125. The van der Waals surface area contributed by atoms with Crippen LogP contribution in [0.3, 0.4) is 0 Å². The van der Waals surface area contributed by atoms with Crippen LogP contribution in [0.1, 0.15) is 18.4 Å². The van der Waals surface area contributed by atoms with Crippen molar-refractivity contribution in [2.45, 2.75) is 12.8 Å². The van der Waals surface area contributed by atoms with Crippen molar-refractivity contribution in [1.29, 1.82) is 0 Å². The van der Waals surface area contributed by atoms with Gasteiger partial charge in [0.1, 0.15) is 5.82 Å². The van der Waals surface area contributed by atoms with E-state index in [1.165, 1.54) is 6.07 Å². The number of oxime groups is 1. The van der Waals surface area contributed by atoms with Gasteiger partial charge in [-0.1, -0.05) is 47.6 Å². The summed E-state index contributed by atoms with van der Waals surface area (Å²) in [6, 6.07) is 13.2. The molecular weight excluding hydrogens is 273 g/mol. The molecule has 2 aromatic rings. The molecule has 0 atom stereocenters. The van der Waals surface area contributed by atoms with Crippen LogP contribution < -0.4 is 0 Å². The van der Waals surface area contributed by atoms with Gasteiger partial charge in [-0.25, -0.2) is 4.39 Å². The summed E-state index contributed by atoms with van der Waals surface area (Å²) in [6.45, 7) is 0. The van der Waals surface area contributed by atoms with Gasteiger partial charge in [0.2, 0.25) is 0 Å². The van der Waals surface area contributed by atoms with E-state index < -0.39 is 5.97 Å². The first kappa shape index (κ1) is 14.7. The Morgan fingerprint density at radius 2 is 1.71 bits per heavy atom. The maximum atomic E-state index is 13.7. The number of aliphatic carboxylic acids is 1. The van der Waals surface area contributed by atoms with E-state index in [9.17, 15) is 9.18 Å². The molecule has 2 rings (SSSR count). The van der Waals surface area contributed by atoms with Gasteiger partial charge in [-0.3, -0.25) is 4.79 Å². The summed E-state index contributed by atoms with van der Waals surface area (Å²) in [7, 11) is 0. The zero-order valence-corrected chi connectivity index (χ0v) is 11.2. The van der Waals surface area contributed by atoms with Gasteiger partial charge in [-0.15, -0.1) is 0 Å². The second-order valence-electron chi connectivity index (χ2n) is 4.50. The lowest BCUT2D eigenvalue weighted by molar-refractivity contribution is -0.136. The van der Waals surface area contributed by atoms with E-state index in [-0.39, 0.29) is 24.4 Å². The van der Waals surface area contributed by atoms with E-state index in [0.29, 0.717) is 16.7 Å². The van der Waals surface area contributed by atoms with Gasteiger partial charge in [-0.2, -0.15) is 0 Å². The summed E-state index contributed by atoms with van der Waals surface area (Å²) in [6.07, 6.45) is 0.0132. The highest BCUT2D eigenvalue weighted by atomic mass is 19.1. The molecule has 4 nitrogen and oxygen atoms in total. The third kappa shape index (κ3) is 3.66. The Bertz CT molecular complexity index is 665. The lowest BCUT2D eigenvalue weighted by atomic mass is 10.00. The summed E-state index contributed by atoms with van der Waals surface area (Å²) in [5.41, 5.74) is 2.08. The van der Waals surface area contributed by atoms with Crippen molar-refractivity contribution in [2.75, 3.05) is 0 Å². The number of rotatable bonds is 5. The van der Waals surface area contributed by atoms with Crippen molar-refractivity contribution >= 4 is 11.7 Å². The Balaban J connectivity index is 2.22. The number of carbonyl (C=O) groups is 1. The minimum Gasteiger partial charge on any atom is -0.481 e. The maximum absolute atomic E-state index is 13.7. The number of hydrogen-bond acceptors (Lipinski definition) is 3. The first-order valence-electron chi connectivity index (χ1n) is 6.40. The first-order valence-corrected chi connectivity index (χ1v) is 6.40. The van der Waals surface area contributed by atoms with Crippen molar-refractivity contribution in [3.63, 3.8) is 0 Å². The number of halogens is 1. The Hall–Kier alpha value is -2.69. The monoisotopic (exact) mass is 287 g/mol. The molecule has 108 valence electrons. The van der Waals surface area contributed by atoms with Crippen LogP contribution >= 0.6 is 0 Å². The molecule has 0 saturated heterocycles. The molecule has 0 saturated carbocycles. The highest BCUT2D eigenvalue weighted by Gasteiger charge is 2.09. The Kier molecular flexibility index (Phi) is 4.66. The first-order chi connectivity index (χ1) is 10.1. The van der Waals surface area contributed by atoms with Crippen LogP contribution in [0.25, 0.3) is 11.1 Å². The van der Waals surface area contributed by atoms with Crippen LogP contribution in [0.5, 0.6) is 0 Å². The Morgan fingerprint density at radius 3 is 2.29 bits per heavy atom. The lowest BCUT2D eigenvalue weighted by Gasteiger charge is -2.06. The summed E-state index contributed by atoms with van der Waals surface area (Å²) in [5.74, 6) is -1.27. The van der Waals surface area contributed by atoms with Gasteiger partial charge < -0.3 is 10.3 Å². The third-order valence-corrected chi connectivity index (χ3v) is 3.10. The molecular formula is C16H14FNO3. The Labute approximate surface area is 121 Å². The highest BCUT2D eigenvalue weighted by molar-refractivity contribution is 6.01. The van der Waals surface area contributed by atoms with E-state index >= 15 is 0 Å². The largest absolute Gasteiger partial charge is 0.481 e. The number of carboxylic acids is 1. The predicted octanol–water partition coefficient (Wildman–Crippen LogP) is 3.54. The number of hydrogen-bond donors (Lipinski definition) is 2. The molecule has 21 heavy (non-hydrogen) atoms. The molecule has 0 amide bonds. The molecule has 2 aromatic carbocycles. The maximum Gasteiger partial charge on any atom is 0.303 e. The molecule has 0 fully saturated rings. The van der Waals surface area contributed by atoms with Crippen molar-refractivity contribution in [2.24, 2.45) is 5.16 Å². The van der Waals surface area contributed by atoms with Crippen LogP contribution in [0.15, 0.2) is 53.7 Å². The normalized spacial score (nSPS) is 11.4. The summed E-state index contributed by atoms with van der Waals surface area (Å²) >= 11 is 0. The Morgan fingerprint density at radius 1 is 1.05 bits per heavy atom. The second-order valence-corrected chi connectivity index (χ2v) is 4.50. The molecule has 0 aliphatic carbocycles.